The van der Waals surface area contributed by atoms with Crippen molar-refractivity contribution in [2.45, 2.75) is 25.9 Å². The molecule has 0 fully saturated rings. The molecule has 0 spiro atoms. The first-order valence-electron chi connectivity index (χ1n) is 9.83. The summed E-state index contributed by atoms with van der Waals surface area (Å²) in [5.41, 5.74) is 3.24. The molecule has 0 aliphatic carbocycles. The van der Waals surface area contributed by atoms with Crippen molar-refractivity contribution >= 4 is 27.3 Å². The number of aliphatic hydroxyl groups is 1. The Labute approximate surface area is 176 Å². The zero-order chi connectivity index (χ0) is 21.6. The van der Waals surface area contributed by atoms with Gasteiger partial charge in [-0.1, -0.05) is 18.2 Å². The minimum Gasteiger partial charge on any atom is -0.490 e. The Hall–Kier alpha value is -2.62. The minimum absolute atomic E-state index is 0.0241. The van der Waals surface area contributed by atoms with E-state index >= 15 is 0 Å². The highest BCUT2D eigenvalue weighted by molar-refractivity contribution is 7.92. The van der Waals surface area contributed by atoms with Gasteiger partial charge in [-0.3, -0.25) is 9.52 Å². The fourth-order valence-electron chi connectivity index (χ4n) is 3.21. The van der Waals surface area contributed by atoms with Crippen LogP contribution in [-0.2, 0) is 27.7 Å². The van der Waals surface area contributed by atoms with Gasteiger partial charge in [0.2, 0.25) is 15.9 Å². The van der Waals surface area contributed by atoms with Crippen LogP contribution in [0.15, 0.2) is 42.5 Å². The number of ether oxygens (including phenoxy) is 1. The van der Waals surface area contributed by atoms with Gasteiger partial charge >= 0.3 is 0 Å². The number of fused-ring (bicyclic) bond motifs is 1. The van der Waals surface area contributed by atoms with Crippen molar-refractivity contribution in [3.8, 4) is 5.75 Å². The number of hydrogen-bond acceptors (Lipinski definition) is 6. The molecule has 0 saturated heterocycles. The molecule has 9 heteroatoms. The number of anilines is 2. The summed E-state index contributed by atoms with van der Waals surface area (Å²) in [6.07, 6.45) is 0.485. The molecule has 0 aromatic heterocycles. The number of benzene rings is 2. The summed E-state index contributed by atoms with van der Waals surface area (Å²) in [5, 5.41) is 16.1. The topological polar surface area (TPSA) is 117 Å². The third kappa shape index (κ3) is 6.45. The van der Waals surface area contributed by atoms with Crippen molar-refractivity contribution in [3.05, 3.63) is 53.6 Å². The molecule has 1 amide bonds. The van der Waals surface area contributed by atoms with Crippen LogP contribution in [0.25, 0.3) is 0 Å². The second-order valence-corrected chi connectivity index (χ2v) is 9.09. The Morgan fingerprint density at radius 1 is 1.23 bits per heavy atom. The van der Waals surface area contributed by atoms with Crippen LogP contribution in [0.2, 0.25) is 0 Å². The normalized spacial score (nSPS) is 15.5. The van der Waals surface area contributed by atoms with Crippen molar-refractivity contribution in [3.63, 3.8) is 0 Å². The van der Waals surface area contributed by atoms with Crippen molar-refractivity contribution in [1.29, 1.82) is 0 Å². The lowest BCUT2D eigenvalue weighted by Crippen LogP contribution is -2.33. The van der Waals surface area contributed by atoms with E-state index in [-0.39, 0.29) is 18.3 Å². The van der Waals surface area contributed by atoms with Crippen molar-refractivity contribution in [2.24, 2.45) is 0 Å². The van der Waals surface area contributed by atoms with Gasteiger partial charge in [0.15, 0.2) is 0 Å². The summed E-state index contributed by atoms with van der Waals surface area (Å²) >= 11 is 0. The number of amides is 1. The predicted molar refractivity (Wildman–Crippen MR) is 116 cm³/mol. The lowest BCUT2D eigenvalue weighted by molar-refractivity contribution is -0.114. The smallest absolute Gasteiger partial charge is 0.233 e. The first-order valence-corrected chi connectivity index (χ1v) is 11.5. The molecule has 1 aliphatic rings. The van der Waals surface area contributed by atoms with E-state index in [9.17, 15) is 18.3 Å². The van der Waals surface area contributed by atoms with E-state index in [4.69, 9.17) is 4.74 Å². The summed E-state index contributed by atoms with van der Waals surface area (Å²) in [6.45, 7) is 2.66. The fourth-order valence-corrected chi connectivity index (χ4v) is 4.31. The Balaban J connectivity index is 1.40. The molecular weight excluding hydrogens is 406 g/mol. The van der Waals surface area contributed by atoms with Gasteiger partial charge in [0.1, 0.15) is 18.5 Å². The molecule has 2 aromatic rings. The molecule has 0 bridgehead atoms. The van der Waals surface area contributed by atoms with Gasteiger partial charge in [0, 0.05) is 24.7 Å². The molecule has 30 heavy (non-hydrogen) atoms. The summed E-state index contributed by atoms with van der Waals surface area (Å²) in [7, 11) is -3.27. The van der Waals surface area contributed by atoms with Gasteiger partial charge in [-0.2, -0.15) is 0 Å². The van der Waals surface area contributed by atoms with E-state index in [2.05, 4.69) is 15.4 Å². The third-order valence-electron chi connectivity index (χ3n) is 4.70. The first kappa shape index (κ1) is 22.1. The molecule has 2 aromatic carbocycles. The van der Waals surface area contributed by atoms with Crippen LogP contribution in [0.5, 0.6) is 5.75 Å². The number of aliphatic hydroxyl groups excluding tert-OH is 1. The number of carbonyl (C=O) groups excluding carboxylic acids is 1. The van der Waals surface area contributed by atoms with Crippen LogP contribution >= 0.6 is 0 Å². The highest BCUT2D eigenvalue weighted by atomic mass is 32.2. The van der Waals surface area contributed by atoms with Crippen molar-refractivity contribution in [2.75, 3.05) is 35.5 Å². The van der Waals surface area contributed by atoms with Crippen LogP contribution in [0.3, 0.4) is 0 Å². The van der Waals surface area contributed by atoms with Crippen molar-refractivity contribution in [1.82, 2.24) is 5.32 Å². The summed E-state index contributed by atoms with van der Waals surface area (Å²) < 4.78 is 31.6. The zero-order valence-corrected chi connectivity index (χ0v) is 17.7. The second kappa shape index (κ2) is 9.92. The van der Waals surface area contributed by atoms with Gasteiger partial charge in [0.05, 0.1) is 11.4 Å². The lowest BCUT2D eigenvalue weighted by Gasteiger charge is -2.22. The Bertz CT molecular complexity index is 977. The summed E-state index contributed by atoms with van der Waals surface area (Å²) in [5.74, 6) is 0.516. The summed E-state index contributed by atoms with van der Waals surface area (Å²) in [6, 6.07) is 12.9. The molecule has 0 saturated carbocycles. The molecular formula is C21H27N3O5S. The highest BCUT2D eigenvalue weighted by Gasteiger charge is 2.23. The molecule has 1 unspecified atom stereocenters. The maximum absolute atomic E-state index is 11.7. The van der Waals surface area contributed by atoms with E-state index in [1.54, 1.807) is 18.2 Å². The first-order chi connectivity index (χ1) is 14.3. The minimum atomic E-state index is -3.27. The van der Waals surface area contributed by atoms with E-state index in [1.807, 2.05) is 24.3 Å². The molecule has 162 valence electrons. The van der Waals surface area contributed by atoms with E-state index in [1.165, 1.54) is 6.92 Å². The Kier molecular flexibility index (Phi) is 7.30. The van der Waals surface area contributed by atoms with Crippen LogP contribution in [0.1, 0.15) is 18.1 Å². The zero-order valence-electron chi connectivity index (χ0n) is 16.8. The highest BCUT2D eigenvalue weighted by Crippen LogP contribution is 2.31. The monoisotopic (exact) mass is 433 g/mol. The maximum Gasteiger partial charge on any atom is 0.233 e. The fraction of sp³-hybridized carbons (Fsp3) is 0.381. The predicted octanol–water partition coefficient (Wildman–Crippen LogP) is 1.51. The average Bonchev–Trinajstić information content (AvgIpc) is 2.69. The lowest BCUT2D eigenvalue weighted by atomic mass is 10.1. The maximum atomic E-state index is 11.7. The van der Waals surface area contributed by atoms with E-state index < -0.39 is 16.1 Å². The molecule has 1 heterocycles. The molecule has 1 aliphatic heterocycles. The molecule has 1 atom stereocenters. The van der Waals surface area contributed by atoms with Gasteiger partial charge in [-0.25, -0.2) is 8.42 Å². The van der Waals surface area contributed by atoms with E-state index in [0.29, 0.717) is 30.9 Å². The third-order valence-corrected chi connectivity index (χ3v) is 5.97. The van der Waals surface area contributed by atoms with Gasteiger partial charge in [-0.15, -0.1) is 0 Å². The number of sulfonamides is 1. The number of carbonyl (C=O) groups is 1. The average molecular weight is 434 g/mol. The van der Waals surface area contributed by atoms with Crippen molar-refractivity contribution < 1.29 is 23.1 Å². The summed E-state index contributed by atoms with van der Waals surface area (Å²) in [4.78, 5) is 11.0. The SMILES string of the molecule is CC(=O)Nc1ccc(CCNCC(O)COc2cccc3c2CCS(=O)(=O)N3)cc1. The van der Waals surface area contributed by atoms with Crippen LogP contribution in [0.4, 0.5) is 11.4 Å². The van der Waals surface area contributed by atoms with Crippen LogP contribution < -0.4 is 20.1 Å². The number of hydrogen-bond donors (Lipinski definition) is 4. The molecule has 8 nitrogen and oxygen atoms in total. The second-order valence-electron chi connectivity index (χ2n) is 7.25. The largest absolute Gasteiger partial charge is 0.490 e. The molecule has 4 N–H and O–H groups in total. The number of rotatable bonds is 9. The van der Waals surface area contributed by atoms with Gasteiger partial charge in [-0.05, 0) is 49.2 Å². The molecule has 3 rings (SSSR count). The Morgan fingerprint density at radius 3 is 2.73 bits per heavy atom. The van der Waals surface area contributed by atoms with Gasteiger partial charge < -0.3 is 20.5 Å². The van der Waals surface area contributed by atoms with E-state index in [0.717, 1.165) is 23.2 Å². The molecule has 0 radical (unpaired) electrons. The van der Waals surface area contributed by atoms with Crippen LogP contribution in [0, 0.1) is 0 Å². The van der Waals surface area contributed by atoms with Gasteiger partial charge in [0.25, 0.3) is 0 Å². The standard InChI is InChI=1S/C21H27N3O5S/c1-15(25)23-17-7-5-16(6-8-17)9-11-22-13-18(26)14-29-21-4-2-3-20-19(21)10-12-30(27,28)24-20/h2-8,18,22,24,26H,9-14H2,1H3,(H,23,25). The number of nitrogens with one attached hydrogen (secondary N) is 3. The Morgan fingerprint density at radius 2 is 2.00 bits per heavy atom. The van der Waals surface area contributed by atoms with Crippen LogP contribution in [-0.4, -0.2) is 51.0 Å². The quantitative estimate of drug-likeness (QED) is 0.446.